The van der Waals surface area contributed by atoms with Crippen molar-refractivity contribution in [3.63, 3.8) is 0 Å². The van der Waals surface area contributed by atoms with Crippen molar-refractivity contribution in [3.05, 3.63) is 114 Å². The van der Waals surface area contributed by atoms with Gasteiger partial charge in [-0.05, 0) is 79.5 Å². The molecule has 39 heavy (non-hydrogen) atoms. The first-order chi connectivity index (χ1) is 19.0. The first-order valence-electron chi connectivity index (χ1n) is 13.1. The van der Waals surface area contributed by atoms with E-state index >= 15 is 0 Å². The van der Waals surface area contributed by atoms with Crippen molar-refractivity contribution in [1.29, 1.82) is 0 Å². The van der Waals surface area contributed by atoms with E-state index in [4.69, 9.17) is 16.6 Å². The summed E-state index contributed by atoms with van der Waals surface area (Å²) in [6.07, 6.45) is 3.64. The van der Waals surface area contributed by atoms with Gasteiger partial charge in [0.2, 0.25) is 5.91 Å². The summed E-state index contributed by atoms with van der Waals surface area (Å²) in [5.74, 6) is -0.515. The predicted octanol–water partition coefficient (Wildman–Crippen LogP) is 7.31. The molecule has 0 spiro atoms. The molecule has 3 heterocycles. The van der Waals surface area contributed by atoms with E-state index in [-0.39, 0.29) is 17.6 Å². The number of pyridine rings is 1. The van der Waals surface area contributed by atoms with Crippen LogP contribution in [0.5, 0.6) is 0 Å². The minimum atomic E-state index is -0.359. The minimum absolute atomic E-state index is 0.0515. The van der Waals surface area contributed by atoms with Crippen LogP contribution >= 0.6 is 11.6 Å². The Bertz CT molecular complexity index is 1610. The summed E-state index contributed by atoms with van der Waals surface area (Å²) in [4.78, 5) is 20.2. The van der Waals surface area contributed by atoms with Gasteiger partial charge in [-0.25, -0.2) is 9.37 Å². The monoisotopic (exact) mass is 538 g/mol. The molecular formula is C32H28ClFN4O. The summed E-state index contributed by atoms with van der Waals surface area (Å²) >= 11 is 6.17. The van der Waals surface area contributed by atoms with E-state index in [0.717, 1.165) is 59.7 Å². The number of rotatable bonds is 6. The van der Waals surface area contributed by atoms with Gasteiger partial charge in [-0.3, -0.25) is 9.69 Å². The number of likely N-dealkylation sites (tertiary alicyclic amines) is 1. The minimum Gasteiger partial charge on any atom is -0.326 e. The van der Waals surface area contributed by atoms with Crippen molar-refractivity contribution in [1.82, 2.24) is 14.3 Å². The second-order valence-corrected chi connectivity index (χ2v) is 10.4. The smallest absolute Gasteiger partial charge is 0.227 e. The second-order valence-electron chi connectivity index (χ2n) is 9.98. The molecule has 5 aromatic rings. The lowest BCUT2D eigenvalue weighted by Crippen LogP contribution is -2.38. The third-order valence-corrected chi connectivity index (χ3v) is 7.62. The fraction of sp³-hybridized carbons (Fsp3) is 0.188. The van der Waals surface area contributed by atoms with Crippen LogP contribution in [0.3, 0.4) is 0 Å². The quantitative estimate of drug-likeness (QED) is 0.246. The maximum absolute atomic E-state index is 13.5. The van der Waals surface area contributed by atoms with Crippen LogP contribution in [-0.4, -0.2) is 33.3 Å². The molecule has 0 bridgehead atoms. The third kappa shape index (κ3) is 5.58. The lowest BCUT2D eigenvalue weighted by atomic mass is 9.95. The van der Waals surface area contributed by atoms with Crippen molar-refractivity contribution < 1.29 is 9.18 Å². The largest absolute Gasteiger partial charge is 0.326 e. The topological polar surface area (TPSA) is 49.6 Å². The maximum Gasteiger partial charge on any atom is 0.227 e. The number of imidazole rings is 1. The first kappa shape index (κ1) is 25.3. The molecule has 3 aromatic carbocycles. The summed E-state index contributed by atoms with van der Waals surface area (Å²) in [6.45, 7) is 2.27. The summed E-state index contributed by atoms with van der Waals surface area (Å²) in [5.41, 5.74) is 6.71. The third-order valence-electron chi connectivity index (χ3n) is 7.37. The Morgan fingerprint density at radius 3 is 2.38 bits per heavy atom. The van der Waals surface area contributed by atoms with Gasteiger partial charge in [0.05, 0.1) is 11.4 Å². The molecule has 1 aliphatic rings. The second kappa shape index (κ2) is 11.0. The van der Waals surface area contributed by atoms with Gasteiger partial charge in [-0.1, -0.05) is 60.1 Å². The zero-order valence-corrected chi connectivity index (χ0v) is 22.1. The summed E-state index contributed by atoms with van der Waals surface area (Å²) in [7, 11) is 0. The van der Waals surface area contributed by atoms with E-state index in [9.17, 15) is 9.18 Å². The number of nitrogens with zero attached hydrogens (tertiary/aromatic N) is 3. The Morgan fingerprint density at radius 1 is 0.897 bits per heavy atom. The Labute approximate surface area is 231 Å². The molecule has 1 N–H and O–H groups in total. The zero-order valence-electron chi connectivity index (χ0n) is 21.4. The Kier molecular flexibility index (Phi) is 7.14. The van der Waals surface area contributed by atoms with Gasteiger partial charge in [0.15, 0.2) is 0 Å². The number of anilines is 1. The molecule has 1 amide bonds. The van der Waals surface area contributed by atoms with Crippen LogP contribution in [0, 0.1) is 11.7 Å². The van der Waals surface area contributed by atoms with Crippen molar-refractivity contribution in [2.75, 3.05) is 18.4 Å². The van der Waals surface area contributed by atoms with Gasteiger partial charge in [-0.15, -0.1) is 0 Å². The lowest BCUT2D eigenvalue weighted by molar-refractivity contribution is -0.121. The van der Waals surface area contributed by atoms with Crippen LogP contribution in [0.2, 0.25) is 5.02 Å². The summed E-state index contributed by atoms with van der Waals surface area (Å²) < 4.78 is 15.7. The number of aromatic nitrogens is 2. The molecule has 0 atom stereocenters. The van der Waals surface area contributed by atoms with E-state index in [1.54, 1.807) is 12.1 Å². The van der Waals surface area contributed by atoms with E-state index in [1.165, 1.54) is 12.1 Å². The molecule has 0 unspecified atom stereocenters. The molecule has 5 nitrogen and oxygen atoms in total. The Morgan fingerprint density at radius 2 is 1.64 bits per heavy atom. The molecule has 0 radical (unpaired) electrons. The fourth-order valence-corrected chi connectivity index (χ4v) is 5.39. The number of fused-ring (bicyclic) bond motifs is 1. The van der Waals surface area contributed by atoms with Gasteiger partial charge in [0, 0.05) is 34.9 Å². The van der Waals surface area contributed by atoms with Crippen LogP contribution in [0.4, 0.5) is 10.1 Å². The fourth-order valence-electron chi connectivity index (χ4n) is 5.26. The molecule has 7 heteroatoms. The number of hydrogen-bond acceptors (Lipinski definition) is 3. The SMILES string of the molecule is O=C(Nc1cccc(F)c1)C1CCN(Cc2c(-c3ccc(Cl)cc3)nc3ccc(-c4ccccc4)cn23)CC1. The van der Waals surface area contributed by atoms with Crippen LogP contribution < -0.4 is 5.32 Å². The summed E-state index contributed by atoms with van der Waals surface area (Å²) in [6, 6.07) is 28.3. The molecule has 0 saturated carbocycles. The molecular weight excluding hydrogens is 511 g/mol. The molecule has 0 aliphatic carbocycles. The number of piperidine rings is 1. The predicted molar refractivity (Wildman–Crippen MR) is 154 cm³/mol. The highest BCUT2D eigenvalue weighted by molar-refractivity contribution is 6.30. The van der Waals surface area contributed by atoms with E-state index in [0.29, 0.717) is 17.3 Å². The van der Waals surface area contributed by atoms with Crippen molar-refractivity contribution in [2.45, 2.75) is 19.4 Å². The van der Waals surface area contributed by atoms with Crippen molar-refractivity contribution in [2.24, 2.45) is 5.92 Å². The highest BCUT2D eigenvalue weighted by atomic mass is 35.5. The Balaban J connectivity index is 1.25. The lowest BCUT2D eigenvalue weighted by Gasteiger charge is -2.31. The zero-order chi connectivity index (χ0) is 26.8. The van der Waals surface area contributed by atoms with Gasteiger partial charge >= 0.3 is 0 Å². The van der Waals surface area contributed by atoms with Crippen LogP contribution in [0.1, 0.15) is 18.5 Å². The highest BCUT2D eigenvalue weighted by Gasteiger charge is 2.27. The molecule has 6 rings (SSSR count). The Hall–Kier alpha value is -4.00. The maximum atomic E-state index is 13.5. The number of nitrogens with one attached hydrogen (secondary N) is 1. The molecule has 1 saturated heterocycles. The van der Waals surface area contributed by atoms with Gasteiger partial charge in [-0.2, -0.15) is 0 Å². The van der Waals surface area contributed by atoms with Gasteiger partial charge in [0.25, 0.3) is 0 Å². The van der Waals surface area contributed by atoms with Crippen molar-refractivity contribution in [3.8, 4) is 22.4 Å². The van der Waals surface area contributed by atoms with Gasteiger partial charge in [0.1, 0.15) is 11.5 Å². The standard InChI is InChI=1S/C32H28ClFN4O/c33-26-12-9-23(10-13-26)31-29(38-20-25(11-14-30(38)36-31)22-5-2-1-3-6-22)21-37-17-15-24(16-18-37)32(39)35-28-8-4-7-27(34)19-28/h1-14,19-20,24H,15-18,21H2,(H,35,39). The average Bonchev–Trinajstić information content (AvgIpc) is 3.31. The van der Waals surface area contributed by atoms with E-state index in [2.05, 4.69) is 45.1 Å². The van der Waals surface area contributed by atoms with Crippen molar-refractivity contribution >= 4 is 28.8 Å². The highest BCUT2D eigenvalue weighted by Crippen LogP contribution is 2.30. The van der Waals surface area contributed by atoms with E-state index in [1.807, 2.05) is 42.5 Å². The molecule has 2 aromatic heterocycles. The van der Waals surface area contributed by atoms with Gasteiger partial charge < -0.3 is 9.72 Å². The number of carbonyl (C=O) groups excluding carboxylic acids is 1. The average molecular weight is 539 g/mol. The number of carbonyl (C=O) groups is 1. The number of benzene rings is 3. The number of amides is 1. The van der Waals surface area contributed by atoms with E-state index < -0.39 is 0 Å². The number of hydrogen-bond donors (Lipinski definition) is 1. The molecule has 1 fully saturated rings. The normalized spacial score (nSPS) is 14.5. The molecule has 196 valence electrons. The van der Waals surface area contributed by atoms with Crippen LogP contribution in [0.15, 0.2) is 97.2 Å². The molecule has 1 aliphatic heterocycles. The van der Waals surface area contributed by atoms with Crippen LogP contribution in [-0.2, 0) is 11.3 Å². The first-order valence-corrected chi connectivity index (χ1v) is 13.5. The van der Waals surface area contributed by atoms with Crippen LogP contribution in [0.25, 0.3) is 28.0 Å². The number of halogens is 2. The summed E-state index contributed by atoms with van der Waals surface area (Å²) in [5, 5.41) is 3.56.